The van der Waals surface area contributed by atoms with Crippen molar-refractivity contribution in [3.05, 3.63) is 48.5 Å². The molecule has 0 aliphatic carbocycles. The predicted octanol–water partition coefficient (Wildman–Crippen LogP) is 4.61. The lowest BCUT2D eigenvalue weighted by Crippen LogP contribution is -2.33. The highest BCUT2D eigenvalue weighted by atomic mass is 32.2. The van der Waals surface area contributed by atoms with E-state index in [1.807, 2.05) is 48.5 Å². The molecule has 2 aromatic carbocycles. The number of piperidine rings is 1. The van der Waals surface area contributed by atoms with Gasteiger partial charge in [-0.05, 0) is 49.1 Å². The van der Waals surface area contributed by atoms with Gasteiger partial charge in [0.05, 0.1) is 10.3 Å². The fraction of sp³-hybridized carbons (Fsp3) is 0.300. The summed E-state index contributed by atoms with van der Waals surface area (Å²) in [5, 5.41) is 8.48. The lowest BCUT2D eigenvalue weighted by molar-refractivity contribution is -0.147. The lowest BCUT2D eigenvalue weighted by Gasteiger charge is -2.30. The number of anilines is 2. The van der Waals surface area contributed by atoms with E-state index in [0.29, 0.717) is 5.82 Å². The number of carbonyl (C=O) groups excluding carboxylic acids is 1. The Kier molecular flexibility index (Phi) is 5.31. The molecule has 27 heavy (non-hydrogen) atoms. The van der Waals surface area contributed by atoms with Crippen LogP contribution in [-0.4, -0.2) is 34.6 Å². The smallest absolute Gasteiger partial charge is 0.302 e. The average Bonchev–Trinajstić information content (AvgIpc) is 3.08. The fourth-order valence-corrected chi connectivity index (χ4v) is 4.21. The van der Waals surface area contributed by atoms with Crippen LogP contribution in [0.2, 0.25) is 0 Å². The van der Waals surface area contributed by atoms with E-state index in [2.05, 4.69) is 14.8 Å². The Hall–Kier alpha value is -2.51. The van der Waals surface area contributed by atoms with Crippen LogP contribution >= 0.6 is 11.9 Å². The normalized spacial score (nSPS) is 15.7. The summed E-state index contributed by atoms with van der Waals surface area (Å²) in [5.41, 5.74) is 1.75. The number of nitrogens with one attached hydrogen (secondary N) is 1. The molecule has 1 N–H and O–H groups in total. The van der Waals surface area contributed by atoms with Crippen LogP contribution in [0.4, 0.5) is 11.5 Å². The quantitative estimate of drug-likeness (QED) is 0.510. The highest BCUT2D eigenvalue weighted by molar-refractivity contribution is 7.97. The number of fused-ring (bicyclic) bond motifs is 1. The minimum Gasteiger partial charge on any atom is -0.462 e. The SMILES string of the molecule is CC(=O)OC1CCN(Sc2cccc3c(Nc4ccccc4)noc23)CC1. The second kappa shape index (κ2) is 8.02. The van der Waals surface area contributed by atoms with Gasteiger partial charge in [-0.15, -0.1) is 0 Å². The van der Waals surface area contributed by atoms with Gasteiger partial charge in [-0.3, -0.25) is 4.79 Å². The van der Waals surface area contributed by atoms with Gasteiger partial charge >= 0.3 is 5.97 Å². The summed E-state index contributed by atoms with van der Waals surface area (Å²) in [5.74, 6) is 0.512. The summed E-state index contributed by atoms with van der Waals surface area (Å²) in [6.45, 7) is 3.19. The molecule has 1 aliphatic rings. The Bertz CT molecular complexity index is 921. The van der Waals surface area contributed by atoms with Gasteiger partial charge in [-0.25, -0.2) is 4.31 Å². The Morgan fingerprint density at radius 1 is 1.19 bits per heavy atom. The lowest BCUT2D eigenvalue weighted by atomic mass is 10.1. The van der Waals surface area contributed by atoms with Crippen molar-refractivity contribution in [2.75, 3.05) is 18.4 Å². The van der Waals surface area contributed by atoms with Crippen molar-refractivity contribution < 1.29 is 14.1 Å². The van der Waals surface area contributed by atoms with Crippen molar-refractivity contribution in [2.45, 2.75) is 30.8 Å². The van der Waals surface area contributed by atoms with E-state index in [9.17, 15) is 4.79 Å². The van der Waals surface area contributed by atoms with Crippen LogP contribution in [0.25, 0.3) is 11.0 Å². The molecule has 3 aromatic rings. The maximum Gasteiger partial charge on any atom is 0.302 e. The molecule has 6 nitrogen and oxygen atoms in total. The van der Waals surface area contributed by atoms with Crippen molar-refractivity contribution in [3.63, 3.8) is 0 Å². The first-order valence-corrected chi connectivity index (χ1v) is 9.77. The van der Waals surface area contributed by atoms with Crippen LogP contribution in [0.1, 0.15) is 19.8 Å². The van der Waals surface area contributed by atoms with Crippen LogP contribution in [0.3, 0.4) is 0 Å². The highest BCUT2D eigenvalue weighted by Gasteiger charge is 2.23. The first kappa shape index (κ1) is 17.9. The van der Waals surface area contributed by atoms with E-state index in [-0.39, 0.29) is 12.1 Å². The molecule has 7 heteroatoms. The molecule has 0 spiro atoms. The third-order valence-electron chi connectivity index (χ3n) is 4.46. The Labute approximate surface area is 162 Å². The molecule has 1 aliphatic heterocycles. The number of hydrogen-bond donors (Lipinski definition) is 1. The van der Waals surface area contributed by atoms with E-state index in [0.717, 1.165) is 47.5 Å². The zero-order valence-electron chi connectivity index (χ0n) is 15.1. The third kappa shape index (κ3) is 4.26. The van der Waals surface area contributed by atoms with Crippen LogP contribution in [0.15, 0.2) is 57.9 Å². The van der Waals surface area contributed by atoms with Crippen molar-refractivity contribution in [3.8, 4) is 0 Å². The molecule has 0 saturated carbocycles. The molecular weight excluding hydrogens is 362 g/mol. The predicted molar refractivity (Wildman–Crippen MR) is 106 cm³/mol. The van der Waals surface area contributed by atoms with Gasteiger partial charge in [-0.2, -0.15) is 0 Å². The second-order valence-corrected chi connectivity index (χ2v) is 7.62. The van der Waals surface area contributed by atoms with Gasteiger partial charge in [0.15, 0.2) is 11.4 Å². The molecule has 1 aromatic heterocycles. The highest BCUT2D eigenvalue weighted by Crippen LogP contribution is 2.35. The molecule has 1 saturated heterocycles. The standard InChI is InChI=1S/C20H21N3O3S/c1-14(24)25-16-10-12-23(13-11-16)27-18-9-5-8-17-19(18)26-22-20(17)21-15-6-3-2-4-7-15/h2-9,16H,10-13H2,1H3,(H,21,22). The van der Waals surface area contributed by atoms with Crippen LogP contribution in [-0.2, 0) is 9.53 Å². The number of esters is 1. The van der Waals surface area contributed by atoms with Gasteiger partial charge in [0.1, 0.15) is 6.10 Å². The Morgan fingerprint density at radius 2 is 1.96 bits per heavy atom. The van der Waals surface area contributed by atoms with Gasteiger partial charge < -0.3 is 14.6 Å². The largest absolute Gasteiger partial charge is 0.462 e. The number of rotatable bonds is 5. The number of nitrogens with zero attached hydrogens (tertiary/aromatic N) is 2. The van der Waals surface area contributed by atoms with Crippen LogP contribution < -0.4 is 5.32 Å². The van der Waals surface area contributed by atoms with Crippen molar-refractivity contribution >= 4 is 40.4 Å². The fourth-order valence-electron chi connectivity index (χ4n) is 3.17. The summed E-state index contributed by atoms with van der Waals surface area (Å²) >= 11 is 1.67. The number of benzene rings is 2. The number of para-hydroxylation sites is 2. The van der Waals surface area contributed by atoms with Crippen LogP contribution in [0, 0.1) is 0 Å². The maximum absolute atomic E-state index is 11.1. The first-order valence-electron chi connectivity index (χ1n) is 8.99. The Morgan fingerprint density at radius 3 is 2.70 bits per heavy atom. The number of aromatic nitrogens is 1. The van der Waals surface area contributed by atoms with Gasteiger partial charge in [0.25, 0.3) is 0 Å². The van der Waals surface area contributed by atoms with E-state index in [1.165, 1.54) is 6.92 Å². The van der Waals surface area contributed by atoms with Crippen molar-refractivity contribution in [2.24, 2.45) is 0 Å². The maximum atomic E-state index is 11.1. The topological polar surface area (TPSA) is 67.6 Å². The van der Waals surface area contributed by atoms with Crippen LogP contribution in [0.5, 0.6) is 0 Å². The summed E-state index contributed by atoms with van der Waals surface area (Å²) in [6.07, 6.45) is 1.72. The molecule has 4 rings (SSSR count). The Balaban J connectivity index is 1.46. The van der Waals surface area contributed by atoms with Gasteiger partial charge in [0, 0.05) is 25.7 Å². The number of carbonyl (C=O) groups is 1. The molecule has 0 bridgehead atoms. The zero-order valence-corrected chi connectivity index (χ0v) is 15.9. The van der Waals surface area contributed by atoms with Gasteiger partial charge in [0.2, 0.25) is 0 Å². The van der Waals surface area contributed by atoms with Gasteiger partial charge in [-0.1, -0.05) is 29.4 Å². The number of ether oxygens (including phenoxy) is 1. The second-order valence-electron chi connectivity index (χ2n) is 6.48. The number of hydrogen-bond acceptors (Lipinski definition) is 7. The molecule has 0 atom stereocenters. The summed E-state index contributed by atoms with van der Waals surface area (Å²) in [6, 6.07) is 16.0. The monoisotopic (exact) mass is 383 g/mol. The first-order chi connectivity index (χ1) is 13.2. The summed E-state index contributed by atoms with van der Waals surface area (Å²) < 4.78 is 13.2. The van der Waals surface area contributed by atoms with Crippen molar-refractivity contribution in [1.29, 1.82) is 0 Å². The van der Waals surface area contributed by atoms with E-state index in [1.54, 1.807) is 11.9 Å². The molecule has 1 fully saturated rings. The van der Waals surface area contributed by atoms with E-state index < -0.39 is 0 Å². The molecule has 140 valence electrons. The molecule has 0 unspecified atom stereocenters. The summed E-state index contributed by atoms with van der Waals surface area (Å²) in [4.78, 5) is 12.1. The molecule has 2 heterocycles. The minimum absolute atomic E-state index is 0.0297. The minimum atomic E-state index is -0.203. The molecule has 0 amide bonds. The molecule has 0 radical (unpaired) electrons. The van der Waals surface area contributed by atoms with E-state index in [4.69, 9.17) is 9.26 Å². The average molecular weight is 383 g/mol. The zero-order chi connectivity index (χ0) is 18.6. The van der Waals surface area contributed by atoms with Crippen molar-refractivity contribution in [1.82, 2.24) is 9.46 Å². The summed E-state index contributed by atoms with van der Waals surface area (Å²) in [7, 11) is 0. The third-order valence-corrected chi connectivity index (χ3v) is 5.60. The van der Waals surface area contributed by atoms with E-state index >= 15 is 0 Å². The molecular formula is C20H21N3O3S.